The molecule has 7 heteroatoms. The van der Waals surface area contributed by atoms with Gasteiger partial charge in [-0.25, -0.2) is 4.90 Å². The molecule has 1 saturated heterocycles. The first-order valence-corrected chi connectivity index (χ1v) is 7.39. The summed E-state index contributed by atoms with van der Waals surface area (Å²) in [5.74, 6) is -0.198. The predicted octanol–water partition coefficient (Wildman–Crippen LogP) is 0.924. The molecule has 1 aromatic carbocycles. The van der Waals surface area contributed by atoms with Crippen molar-refractivity contribution in [3.63, 3.8) is 0 Å². The number of carbonyl (C=O) groups excluding carboxylic acids is 2. The Bertz CT molecular complexity index is 636. The molecule has 3 rings (SSSR count). The van der Waals surface area contributed by atoms with E-state index in [1.54, 1.807) is 31.4 Å². The van der Waals surface area contributed by atoms with Crippen LogP contribution in [0.3, 0.4) is 0 Å². The molecule has 0 aliphatic carbocycles. The first-order chi connectivity index (χ1) is 10.6. The molecule has 116 valence electrons. The molecule has 0 saturated carbocycles. The molecular formula is C15H16ClN3O3. The lowest BCUT2D eigenvalue weighted by atomic mass is 10.2. The van der Waals surface area contributed by atoms with Crippen molar-refractivity contribution in [2.45, 2.75) is 0 Å². The third-order valence-corrected chi connectivity index (χ3v) is 4.11. The van der Waals surface area contributed by atoms with Crippen LogP contribution in [0.15, 0.2) is 35.0 Å². The molecule has 2 aliphatic heterocycles. The fraction of sp³-hybridized carbons (Fsp3) is 0.333. The predicted molar refractivity (Wildman–Crippen MR) is 82.8 cm³/mol. The van der Waals surface area contributed by atoms with E-state index in [0.29, 0.717) is 30.2 Å². The molecule has 1 aromatic rings. The average Bonchev–Trinajstić information content (AvgIpc) is 2.78. The second-order valence-electron chi connectivity index (χ2n) is 5.04. The van der Waals surface area contributed by atoms with Gasteiger partial charge in [0.25, 0.3) is 11.8 Å². The maximum atomic E-state index is 12.6. The van der Waals surface area contributed by atoms with Crippen molar-refractivity contribution >= 4 is 29.1 Å². The number of methoxy groups -OCH3 is 1. The molecule has 22 heavy (non-hydrogen) atoms. The number of ether oxygens (including phenoxy) is 1. The molecule has 2 heterocycles. The largest absolute Gasteiger partial charge is 0.497 e. The van der Waals surface area contributed by atoms with Crippen LogP contribution >= 0.6 is 11.6 Å². The molecule has 0 aromatic heterocycles. The number of hydrogen-bond donors (Lipinski definition) is 1. The van der Waals surface area contributed by atoms with Gasteiger partial charge < -0.3 is 15.0 Å². The first kappa shape index (κ1) is 14.9. The Labute approximate surface area is 133 Å². The molecule has 0 atom stereocenters. The number of hydrogen-bond acceptors (Lipinski definition) is 5. The zero-order valence-electron chi connectivity index (χ0n) is 12.1. The number of nitrogens with one attached hydrogen (secondary N) is 1. The fourth-order valence-corrected chi connectivity index (χ4v) is 2.90. The topological polar surface area (TPSA) is 61.9 Å². The van der Waals surface area contributed by atoms with Crippen molar-refractivity contribution in [3.05, 3.63) is 35.0 Å². The normalized spacial score (nSPS) is 19.2. The number of piperazine rings is 1. The summed E-state index contributed by atoms with van der Waals surface area (Å²) in [6, 6.07) is 6.73. The highest BCUT2D eigenvalue weighted by Crippen LogP contribution is 2.31. The lowest BCUT2D eigenvalue weighted by Crippen LogP contribution is -2.45. The summed E-state index contributed by atoms with van der Waals surface area (Å²) in [5.41, 5.74) is 0.781. The van der Waals surface area contributed by atoms with E-state index in [9.17, 15) is 9.59 Å². The lowest BCUT2D eigenvalue weighted by Gasteiger charge is -2.29. The Morgan fingerprint density at radius 3 is 2.32 bits per heavy atom. The van der Waals surface area contributed by atoms with E-state index >= 15 is 0 Å². The van der Waals surface area contributed by atoms with Crippen molar-refractivity contribution in [2.24, 2.45) is 0 Å². The van der Waals surface area contributed by atoms with Crippen LogP contribution in [-0.4, -0.2) is 50.0 Å². The van der Waals surface area contributed by atoms with Gasteiger partial charge in [-0.05, 0) is 24.3 Å². The van der Waals surface area contributed by atoms with Gasteiger partial charge in [-0.15, -0.1) is 0 Å². The summed E-state index contributed by atoms with van der Waals surface area (Å²) in [5, 5.41) is 3.19. The molecule has 0 unspecified atom stereocenters. The molecule has 2 aliphatic rings. The molecule has 1 fully saturated rings. The second-order valence-corrected chi connectivity index (χ2v) is 5.42. The third-order valence-electron chi connectivity index (χ3n) is 3.77. The average molecular weight is 322 g/mol. The van der Waals surface area contributed by atoms with Crippen molar-refractivity contribution in [2.75, 3.05) is 38.2 Å². The molecule has 6 nitrogen and oxygen atoms in total. The van der Waals surface area contributed by atoms with Crippen LogP contribution in [0.2, 0.25) is 0 Å². The van der Waals surface area contributed by atoms with Crippen LogP contribution in [0.4, 0.5) is 5.69 Å². The van der Waals surface area contributed by atoms with Crippen LogP contribution < -0.4 is 15.0 Å². The van der Waals surface area contributed by atoms with Crippen LogP contribution in [0.5, 0.6) is 5.75 Å². The highest BCUT2D eigenvalue weighted by molar-refractivity contribution is 6.52. The van der Waals surface area contributed by atoms with Gasteiger partial charge in [0.1, 0.15) is 16.5 Å². The van der Waals surface area contributed by atoms with Crippen LogP contribution in [0, 0.1) is 0 Å². The van der Waals surface area contributed by atoms with Crippen LogP contribution in [0.1, 0.15) is 0 Å². The number of halogens is 1. The summed E-state index contributed by atoms with van der Waals surface area (Å²) in [4.78, 5) is 28.0. The molecule has 2 amide bonds. The molecule has 0 spiro atoms. The van der Waals surface area contributed by atoms with Crippen LogP contribution in [-0.2, 0) is 9.59 Å². The smallest absolute Gasteiger partial charge is 0.283 e. The Morgan fingerprint density at radius 2 is 1.73 bits per heavy atom. The molecular weight excluding hydrogens is 306 g/mol. The SMILES string of the molecule is COc1ccc(N2C(=O)C(Cl)=C(N3CCNCC3)C2=O)cc1. The van der Waals surface area contributed by atoms with Crippen molar-refractivity contribution in [1.29, 1.82) is 0 Å². The van der Waals surface area contributed by atoms with E-state index in [-0.39, 0.29) is 10.9 Å². The van der Waals surface area contributed by atoms with Gasteiger partial charge in [0.2, 0.25) is 0 Å². The van der Waals surface area contributed by atoms with Gasteiger partial charge in [0.15, 0.2) is 0 Å². The minimum Gasteiger partial charge on any atom is -0.497 e. The Hall–Kier alpha value is -2.05. The summed E-state index contributed by atoms with van der Waals surface area (Å²) in [7, 11) is 1.56. The standard InChI is InChI=1S/C15H16ClN3O3/c1-22-11-4-2-10(3-5-11)19-14(20)12(16)13(15(19)21)18-8-6-17-7-9-18/h2-5,17H,6-9H2,1H3. The van der Waals surface area contributed by atoms with E-state index in [1.807, 2.05) is 4.90 Å². The van der Waals surface area contributed by atoms with E-state index in [2.05, 4.69) is 5.32 Å². The summed E-state index contributed by atoms with van der Waals surface area (Å²) >= 11 is 6.14. The minimum absolute atomic E-state index is 0.0114. The zero-order chi connectivity index (χ0) is 15.7. The highest BCUT2D eigenvalue weighted by Gasteiger charge is 2.41. The van der Waals surface area contributed by atoms with Gasteiger partial charge in [0, 0.05) is 26.2 Å². The van der Waals surface area contributed by atoms with Gasteiger partial charge in [-0.2, -0.15) is 0 Å². The number of imide groups is 1. The maximum absolute atomic E-state index is 12.6. The Morgan fingerprint density at radius 1 is 1.09 bits per heavy atom. The molecule has 0 radical (unpaired) electrons. The number of carbonyl (C=O) groups is 2. The number of rotatable bonds is 3. The van der Waals surface area contributed by atoms with Gasteiger partial charge in [0.05, 0.1) is 12.8 Å². The maximum Gasteiger partial charge on any atom is 0.283 e. The molecule has 1 N–H and O–H groups in total. The quantitative estimate of drug-likeness (QED) is 0.839. The first-order valence-electron chi connectivity index (χ1n) is 7.01. The number of amides is 2. The minimum atomic E-state index is -0.481. The van der Waals surface area contributed by atoms with Crippen molar-refractivity contribution in [1.82, 2.24) is 10.2 Å². The van der Waals surface area contributed by atoms with E-state index in [1.165, 1.54) is 0 Å². The molecule has 0 bridgehead atoms. The van der Waals surface area contributed by atoms with Gasteiger partial charge in [-0.3, -0.25) is 9.59 Å². The monoisotopic (exact) mass is 321 g/mol. The fourth-order valence-electron chi connectivity index (χ4n) is 2.62. The zero-order valence-corrected chi connectivity index (χ0v) is 12.9. The van der Waals surface area contributed by atoms with E-state index < -0.39 is 5.91 Å². The van der Waals surface area contributed by atoms with Gasteiger partial charge >= 0.3 is 0 Å². The van der Waals surface area contributed by atoms with E-state index in [4.69, 9.17) is 16.3 Å². The number of benzene rings is 1. The number of nitrogens with zero attached hydrogens (tertiary/aromatic N) is 2. The third kappa shape index (κ3) is 2.44. The second kappa shape index (κ2) is 5.98. The summed E-state index contributed by atoms with van der Waals surface area (Å²) < 4.78 is 5.08. The number of anilines is 1. The van der Waals surface area contributed by atoms with E-state index in [0.717, 1.165) is 18.0 Å². The highest BCUT2D eigenvalue weighted by atomic mass is 35.5. The van der Waals surface area contributed by atoms with Gasteiger partial charge in [-0.1, -0.05) is 11.6 Å². The lowest BCUT2D eigenvalue weighted by molar-refractivity contribution is -0.121. The van der Waals surface area contributed by atoms with Crippen molar-refractivity contribution < 1.29 is 14.3 Å². The van der Waals surface area contributed by atoms with Crippen molar-refractivity contribution in [3.8, 4) is 5.75 Å². The Balaban J connectivity index is 1.89. The summed E-state index contributed by atoms with van der Waals surface area (Å²) in [6.07, 6.45) is 0. The van der Waals surface area contributed by atoms with Crippen LogP contribution in [0.25, 0.3) is 0 Å². The Kier molecular flexibility index (Phi) is 4.04. The summed E-state index contributed by atoms with van der Waals surface area (Å²) in [6.45, 7) is 2.83.